The van der Waals surface area contributed by atoms with Crippen molar-refractivity contribution in [3.63, 3.8) is 0 Å². The zero-order valence-corrected chi connectivity index (χ0v) is 13.1. The lowest BCUT2D eigenvalue weighted by molar-refractivity contribution is -0.158. The molecule has 3 nitrogen and oxygen atoms in total. The maximum Gasteiger partial charge on any atom is 0.309 e. The van der Waals surface area contributed by atoms with Crippen LogP contribution in [0.25, 0.3) is 0 Å². The Morgan fingerprint density at radius 1 is 1.20 bits per heavy atom. The molecule has 0 aromatic heterocycles. The summed E-state index contributed by atoms with van der Waals surface area (Å²) in [5.74, 6) is -0.578. The van der Waals surface area contributed by atoms with Crippen LogP contribution in [0.15, 0.2) is 28.7 Å². The number of aliphatic carboxylic acids is 1. The van der Waals surface area contributed by atoms with Crippen molar-refractivity contribution in [2.45, 2.75) is 38.5 Å². The van der Waals surface area contributed by atoms with E-state index in [9.17, 15) is 9.90 Å². The number of carbonyl (C=O) groups is 1. The second-order valence-corrected chi connectivity index (χ2v) is 7.37. The average Bonchev–Trinajstić information content (AvgIpc) is 2.47. The molecular formula is C16H20BrNO2. The van der Waals surface area contributed by atoms with Crippen LogP contribution in [-0.4, -0.2) is 17.6 Å². The molecule has 0 atom stereocenters. The van der Waals surface area contributed by atoms with E-state index in [1.165, 1.54) is 0 Å². The fraction of sp³-hybridized carbons (Fsp3) is 0.562. The fourth-order valence-electron chi connectivity index (χ4n) is 3.74. The van der Waals surface area contributed by atoms with Crippen molar-refractivity contribution in [3.8, 4) is 0 Å². The molecule has 3 aliphatic rings. The molecule has 2 N–H and O–H groups in total. The molecule has 108 valence electrons. The number of benzene rings is 1. The third kappa shape index (κ3) is 2.46. The van der Waals surface area contributed by atoms with Crippen LogP contribution in [0, 0.1) is 10.8 Å². The predicted octanol–water partition coefficient (Wildman–Crippen LogP) is 4.29. The maximum atomic E-state index is 11.4. The van der Waals surface area contributed by atoms with Gasteiger partial charge in [0.15, 0.2) is 0 Å². The third-order valence-electron chi connectivity index (χ3n) is 5.35. The highest BCUT2D eigenvalue weighted by Crippen LogP contribution is 2.56. The monoisotopic (exact) mass is 337 g/mol. The Bertz CT molecular complexity index is 504. The molecule has 20 heavy (non-hydrogen) atoms. The lowest BCUT2D eigenvalue weighted by Gasteiger charge is -2.51. The zero-order chi connectivity index (χ0) is 14.2. The van der Waals surface area contributed by atoms with E-state index in [1.54, 1.807) is 0 Å². The van der Waals surface area contributed by atoms with Gasteiger partial charge in [0, 0.05) is 16.7 Å². The summed E-state index contributed by atoms with van der Waals surface area (Å²) in [6, 6.07) is 8.21. The first-order valence-electron chi connectivity index (χ1n) is 7.27. The molecule has 1 aromatic rings. The minimum absolute atomic E-state index is 0.305. The fourth-order valence-corrected chi connectivity index (χ4v) is 4.14. The van der Waals surface area contributed by atoms with E-state index >= 15 is 0 Å². The van der Waals surface area contributed by atoms with Crippen LogP contribution < -0.4 is 5.32 Å². The molecule has 0 heterocycles. The molecule has 3 saturated carbocycles. The molecule has 4 rings (SSSR count). The number of rotatable bonds is 4. The van der Waals surface area contributed by atoms with Crippen molar-refractivity contribution >= 4 is 27.6 Å². The first-order chi connectivity index (χ1) is 9.54. The second kappa shape index (κ2) is 5.06. The van der Waals surface area contributed by atoms with Crippen LogP contribution in [0.5, 0.6) is 0 Å². The van der Waals surface area contributed by atoms with Gasteiger partial charge in [-0.1, -0.05) is 22.0 Å². The summed E-state index contributed by atoms with van der Waals surface area (Å²) in [4.78, 5) is 11.4. The van der Waals surface area contributed by atoms with Gasteiger partial charge in [-0.05, 0) is 62.1 Å². The number of fused-ring (bicyclic) bond motifs is 3. The molecule has 0 saturated heterocycles. The summed E-state index contributed by atoms with van der Waals surface area (Å²) in [6.07, 6.45) is 5.68. The molecule has 4 heteroatoms. The third-order valence-corrected chi connectivity index (χ3v) is 5.84. The van der Waals surface area contributed by atoms with Crippen molar-refractivity contribution in [1.82, 2.24) is 0 Å². The lowest BCUT2D eigenvalue weighted by atomic mass is 9.53. The first-order valence-corrected chi connectivity index (χ1v) is 8.06. The van der Waals surface area contributed by atoms with Crippen LogP contribution in [-0.2, 0) is 4.79 Å². The van der Waals surface area contributed by atoms with E-state index in [0.29, 0.717) is 5.41 Å². The number of anilines is 1. The summed E-state index contributed by atoms with van der Waals surface area (Å²) in [6.45, 7) is 0.957. The Morgan fingerprint density at radius 2 is 1.85 bits per heavy atom. The van der Waals surface area contributed by atoms with Gasteiger partial charge < -0.3 is 10.4 Å². The van der Waals surface area contributed by atoms with Gasteiger partial charge in [0.2, 0.25) is 0 Å². The van der Waals surface area contributed by atoms with Gasteiger partial charge in [0.1, 0.15) is 0 Å². The van der Waals surface area contributed by atoms with E-state index < -0.39 is 11.4 Å². The highest BCUT2D eigenvalue weighted by atomic mass is 79.9. The average molecular weight is 338 g/mol. The Balaban J connectivity index is 1.64. The molecule has 0 spiro atoms. The van der Waals surface area contributed by atoms with Crippen molar-refractivity contribution in [1.29, 1.82) is 0 Å². The first kappa shape index (κ1) is 13.9. The Labute approximate surface area is 127 Å². The van der Waals surface area contributed by atoms with Crippen LogP contribution >= 0.6 is 15.9 Å². The molecule has 0 unspecified atom stereocenters. The molecule has 2 bridgehead atoms. The van der Waals surface area contributed by atoms with E-state index in [1.807, 2.05) is 12.1 Å². The summed E-state index contributed by atoms with van der Waals surface area (Å²) in [7, 11) is 0. The van der Waals surface area contributed by atoms with Gasteiger partial charge in [-0.3, -0.25) is 4.79 Å². The molecule has 0 amide bonds. The van der Waals surface area contributed by atoms with Crippen LogP contribution in [0.1, 0.15) is 38.5 Å². The maximum absolute atomic E-state index is 11.4. The van der Waals surface area contributed by atoms with Crippen molar-refractivity contribution in [3.05, 3.63) is 28.7 Å². The molecular weight excluding hydrogens is 318 g/mol. The van der Waals surface area contributed by atoms with Crippen molar-refractivity contribution in [2.75, 3.05) is 11.9 Å². The van der Waals surface area contributed by atoms with Gasteiger partial charge in [-0.2, -0.15) is 0 Å². The molecule has 3 aliphatic carbocycles. The Kier molecular flexibility index (Phi) is 3.53. The van der Waals surface area contributed by atoms with Crippen LogP contribution in [0.4, 0.5) is 5.69 Å². The topological polar surface area (TPSA) is 49.3 Å². The van der Waals surface area contributed by atoms with E-state index in [-0.39, 0.29) is 0 Å². The number of carboxylic acid groups (broad SMARTS) is 1. The van der Waals surface area contributed by atoms with Crippen LogP contribution in [0.2, 0.25) is 0 Å². The lowest BCUT2D eigenvalue weighted by Crippen LogP contribution is -2.48. The van der Waals surface area contributed by atoms with Gasteiger partial charge in [0.25, 0.3) is 0 Å². The largest absolute Gasteiger partial charge is 0.481 e. The smallest absolute Gasteiger partial charge is 0.309 e. The Morgan fingerprint density at radius 3 is 2.40 bits per heavy atom. The van der Waals surface area contributed by atoms with E-state index in [0.717, 1.165) is 55.2 Å². The standard InChI is InChI=1S/C16H20BrNO2/c17-12-2-1-3-13(10-12)18-11-15-4-7-16(8-5-15,9-6-15)14(19)20/h1-3,10,18H,4-9,11H2,(H,19,20). The van der Waals surface area contributed by atoms with Gasteiger partial charge in [-0.25, -0.2) is 0 Å². The number of halogens is 1. The quantitative estimate of drug-likeness (QED) is 0.861. The summed E-state index contributed by atoms with van der Waals surface area (Å²) < 4.78 is 1.08. The van der Waals surface area contributed by atoms with Crippen molar-refractivity contribution in [2.24, 2.45) is 10.8 Å². The number of hydrogen-bond acceptors (Lipinski definition) is 2. The minimum Gasteiger partial charge on any atom is -0.481 e. The number of nitrogens with one attached hydrogen (secondary N) is 1. The van der Waals surface area contributed by atoms with Gasteiger partial charge in [-0.15, -0.1) is 0 Å². The SMILES string of the molecule is O=C(O)C12CCC(CNc3cccc(Br)c3)(CC1)CC2. The minimum atomic E-state index is -0.578. The normalized spacial score (nSPS) is 32.0. The highest BCUT2D eigenvalue weighted by molar-refractivity contribution is 9.10. The van der Waals surface area contributed by atoms with Gasteiger partial charge >= 0.3 is 5.97 Å². The molecule has 1 aromatic carbocycles. The molecule has 0 radical (unpaired) electrons. The summed E-state index contributed by atoms with van der Waals surface area (Å²) in [5, 5.41) is 13.0. The van der Waals surface area contributed by atoms with Crippen molar-refractivity contribution < 1.29 is 9.90 Å². The summed E-state index contributed by atoms with van der Waals surface area (Å²) >= 11 is 3.48. The van der Waals surface area contributed by atoms with E-state index in [4.69, 9.17) is 0 Å². The zero-order valence-electron chi connectivity index (χ0n) is 11.5. The second-order valence-electron chi connectivity index (χ2n) is 6.45. The Hall–Kier alpha value is -1.03. The number of carboxylic acids is 1. The molecule has 3 fully saturated rings. The number of hydrogen-bond donors (Lipinski definition) is 2. The highest BCUT2D eigenvalue weighted by Gasteiger charge is 2.52. The predicted molar refractivity (Wildman–Crippen MR) is 82.8 cm³/mol. The van der Waals surface area contributed by atoms with E-state index in [2.05, 4.69) is 33.4 Å². The molecule has 0 aliphatic heterocycles. The summed E-state index contributed by atoms with van der Waals surface area (Å²) in [5.41, 5.74) is 1.03. The van der Waals surface area contributed by atoms with Crippen LogP contribution in [0.3, 0.4) is 0 Å². The van der Waals surface area contributed by atoms with Gasteiger partial charge in [0.05, 0.1) is 5.41 Å².